The lowest BCUT2D eigenvalue weighted by Gasteiger charge is -2.31. The molecule has 7 heteroatoms. The lowest BCUT2D eigenvalue weighted by Crippen LogP contribution is -2.35. The summed E-state index contributed by atoms with van der Waals surface area (Å²) in [5, 5.41) is 14.7. The molecule has 3 aromatic carbocycles. The van der Waals surface area contributed by atoms with Crippen molar-refractivity contribution >= 4 is 29.2 Å². The summed E-state index contributed by atoms with van der Waals surface area (Å²) >= 11 is 0. The molecule has 0 aliphatic carbocycles. The second kappa shape index (κ2) is 10.4. The fourth-order valence-electron chi connectivity index (χ4n) is 4.46. The van der Waals surface area contributed by atoms with Gasteiger partial charge in [-0.3, -0.25) is 14.4 Å². The third kappa shape index (κ3) is 5.51. The molecule has 2 atom stereocenters. The van der Waals surface area contributed by atoms with Gasteiger partial charge in [0.1, 0.15) is 12.4 Å². The molecule has 7 nitrogen and oxygen atoms in total. The lowest BCUT2D eigenvalue weighted by molar-refractivity contribution is -0.137. The first-order chi connectivity index (χ1) is 16.8. The van der Waals surface area contributed by atoms with E-state index in [-0.39, 0.29) is 30.8 Å². The standard InChI is InChI=1S/C28H28N2O5/c1-17-7-5-12-24-26(17)18(2)22(16-35-24)28(34)30-23-11-4-3-10-21(23)27(33)29-20-9-6-8-19(15-20)13-14-25(31)32/h3-12,15,18,22H,13-14,16H2,1-2H3,(H,29,33)(H,30,34)(H,31,32). The second-order valence-electron chi connectivity index (χ2n) is 8.78. The van der Waals surface area contributed by atoms with Crippen molar-refractivity contribution in [3.05, 3.63) is 89.0 Å². The highest BCUT2D eigenvalue weighted by atomic mass is 16.5. The maximum Gasteiger partial charge on any atom is 0.303 e. The summed E-state index contributed by atoms with van der Waals surface area (Å²) in [5.41, 5.74) is 4.23. The minimum atomic E-state index is -0.875. The normalized spacial score (nSPS) is 16.5. The van der Waals surface area contributed by atoms with Crippen LogP contribution in [0, 0.1) is 12.8 Å². The Hall–Kier alpha value is -4.13. The number of aliphatic carboxylic acids is 1. The molecule has 0 bridgehead atoms. The van der Waals surface area contributed by atoms with Crippen molar-refractivity contribution in [2.45, 2.75) is 32.6 Å². The van der Waals surface area contributed by atoms with Crippen LogP contribution in [0.4, 0.5) is 11.4 Å². The van der Waals surface area contributed by atoms with Crippen LogP contribution in [0.5, 0.6) is 5.75 Å². The van der Waals surface area contributed by atoms with Gasteiger partial charge in [0.05, 0.1) is 17.2 Å². The molecule has 180 valence electrons. The van der Waals surface area contributed by atoms with Crippen molar-refractivity contribution in [2.75, 3.05) is 17.2 Å². The van der Waals surface area contributed by atoms with E-state index < -0.39 is 11.9 Å². The summed E-state index contributed by atoms with van der Waals surface area (Å²) in [5.74, 6) is -1.07. The molecule has 1 heterocycles. The summed E-state index contributed by atoms with van der Waals surface area (Å²) in [6, 6.07) is 19.8. The summed E-state index contributed by atoms with van der Waals surface area (Å²) in [4.78, 5) is 37.1. The third-order valence-electron chi connectivity index (χ3n) is 6.34. The molecule has 3 N–H and O–H groups in total. The SMILES string of the molecule is Cc1cccc2c1C(C)C(C(=O)Nc1ccccc1C(=O)Nc1cccc(CCC(=O)O)c1)CO2. The summed E-state index contributed by atoms with van der Waals surface area (Å²) in [6.07, 6.45) is 0.384. The Labute approximate surface area is 204 Å². The maximum atomic E-state index is 13.2. The number of benzene rings is 3. The van der Waals surface area contributed by atoms with Crippen LogP contribution in [0.25, 0.3) is 0 Å². The second-order valence-corrected chi connectivity index (χ2v) is 8.78. The number of carboxylic acids is 1. The zero-order valence-electron chi connectivity index (χ0n) is 19.7. The van der Waals surface area contributed by atoms with Gasteiger partial charge in [-0.2, -0.15) is 0 Å². The zero-order chi connectivity index (χ0) is 24.9. The van der Waals surface area contributed by atoms with E-state index >= 15 is 0 Å². The molecular weight excluding hydrogens is 444 g/mol. The molecule has 4 rings (SSSR count). The Morgan fingerprint density at radius 3 is 2.57 bits per heavy atom. The molecule has 0 spiro atoms. The molecule has 0 saturated heterocycles. The van der Waals surface area contributed by atoms with Crippen LogP contribution in [-0.4, -0.2) is 29.5 Å². The lowest BCUT2D eigenvalue weighted by atomic mass is 9.82. The molecule has 2 unspecified atom stereocenters. The number of anilines is 2. The number of ether oxygens (including phenoxy) is 1. The number of carbonyl (C=O) groups excluding carboxylic acids is 2. The van der Waals surface area contributed by atoms with Gasteiger partial charge in [0.2, 0.25) is 5.91 Å². The molecule has 1 aliphatic rings. The Balaban J connectivity index is 1.48. The number of para-hydroxylation sites is 1. The van der Waals surface area contributed by atoms with Gasteiger partial charge in [-0.1, -0.05) is 43.3 Å². The number of hydrogen-bond donors (Lipinski definition) is 3. The number of amides is 2. The number of aryl methyl sites for hydroxylation is 2. The van der Waals surface area contributed by atoms with Crippen LogP contribution in [0.15, 0.2) is 66.7 Å². The molecular formula is C28H28N2O5. The van der Waals surface area contributed by atoms with E-state index in [4.69, 9.17) is 9.84 Å². The summed E-state index contributed by atoms with van der Waals surface area (Å²) < 4.78 is 5.87. The van der Waals surface area contributed by atoms with E-state index in [1.807, 2.05) is 38.1 Å². The Morgan fingerprint density at radius 1 is 1.00 bits per heavy atom. The average Bonchev–Trinajstić information content (AvgIpc) is 2.83. The zero-order valence-corrected chi connectivity index (χ0v) is 19.7. The van der Waals surface area contributed by atoms with Crippen molar-refractivity contribution in [1.29, 1.82) is 0 Å². The minimum absolute atomic E-state index is 0.0135. The fourth-order valence-corrected chi connectivity index (χ4v) is 4.46. The van der Waals surface area contributed by atoms with E-state index in [0.29, 0.717) is 23.4 Å². The number of hydrogen-bond acceptors (Lipinski definition) is 4. The van der Waals surface area contributed by atoms with Crippen LogP contribution in [0.1, 0.15) is 46.3 Å². The van der Waals surface area contributed by atoms with Gasteiger partial charge in [-0.25, -0.2) is 0 Å². The van der Waals surface area contributed by atoms with Crippen LogP contribution < -0.4 is 15.4 Å². The molecule has 35 heavy (non-hydrogen) atoms. The summed E-state index contributed by atoms with van der Waals surface area (Å²) in [7, 11) is 0. The Bertz CT molecular complexity index is 1270. The number of fused-ring (bicyclic) bond motifs is 1. The molecule has 0 saturated carbocycles. The van der Waals surface area contributed by atoms with Crippen molar-refractivity contribution in [3.8, 4) is 5.75 Å². The monoisotopic (exact) mass is 472 g/mol. The number of carboxylic acid groups (broad SMARTS) is 1. The summed E-state index contributed by atoms with van der Waals surface area (Å²) in [6.45, 7) is 4.30. The number of carbonyl (C=O) groups is 3. The fraction of sp³-hybridized carbons (Fsp3) is 0.250. The largest absolute Gasteiger partial charge is 0.492 e. The van der Waals surface area contributed by atoms with Gasteiger partial charge in [-0.15, -0.1) is 0 Å². The smallest absolute Gasteiger partial charge is 0.303 e. The van der Waals surface area contributed by atoms with Gasteiger partial charge >= 0.3 is 5.97 Å². The van der Waals surface area contributed by atoms with Gasteiger partial charge in [0, 0.05) is 17.7 Å². The van der Waals surface area contributed by atoms with E-state index in [1.165, 1.54) is 0 Å². The van der Waals surface area contributed by atoms with Crippen LogP contribution in [0.3, 0.4) is 0 Å². The molecule has 2 amide bonds. The highest BCUT2D eigenvalue weighted by Crippen LogP contribution is 2.39. The van der Waals surface area contributed by atoms with E-state index in [0.717, 1.165) is 22.4 Å². The van der Waals surface area contributed by atoms with Crippen LogP contribution in [-0.2, 0) is 16.0 Å². The molecule has 0 fully saturated rings. The minimum Gasteiger partial charge on any atom is -0.492 e. The number of rotatable bonds is 7. The van der Waals surface area contributed by atoms with Gasteiger partial charge in [0.15, 0.2) is 0 Å². The maximum absolute atomic E-state index is 13.2. The van der Waals surface area contributed by atoms with Gasteiger partial charge < -0.3 is 20.5 Å². The molecule has 0 aromatic heterocycles. The Kier molecular flexibility index (Phi) is 7.15. The first kappa shape index (κ1) is 24.0. The molecule has 1 aliphatic heterocycles. The van der Waals surface area contributed by atoms with Crippen molar-refractivity contribution in [2.24, 2.45) is 5.92 Å². The van der Waals surface area contributed by atoms with Crippen molar-refractivity contribution < 1.29 is 24.2 Å². The van der Waals surface area contributed by atoms with Crippen molar-refractivity contribution in [1.82, 2.24) is 0 Å². The van der Waals surface area contributed by atoms with Gasteiger partial charge in [-0.05, 0) is 60.7 Å². The predicted octanol–water partition coefficient (Wildman–Crippen LogP) is 5.02. The first-order valence-electron chi connectivity index (χ1n) is 11.6. The predicted molar refractivity (Wildman–Crippen MR) is 134 cm³/mol. The molecule has 3 aromatic rings. The molecule has 0 radical (unpaired) electrons. The van der Waals surface area contributed by atoms with E-state index in [9.17, 15) is 14.4 Å². The topological polar surface area (TPSA) is 105 Å². The quantitative estimate of drug-likeness (QED) is 0.448. The van der Waals surface area contributed by atoms with Crippen molar-refractivity contribution in [3.63, 3.8) is 0 Å². The Morgan fingerprint density at radius 2 is 1.77 bits per heavy atom. The third-order valence-corrected chi connectivity index (χ3v) is 6.34. The highest BCUT2D eigenvalue weighted by Gasteiger charge is 2.34. The number of nitrogens with one attached hydrogen (secondary N) is 2. The first-order valence-corrected chi connectivity index (χ1v) is 11.6. The average molecular weight is 473 g/mol. The van der Waals surface area contributed by atoms with Crippen LogP contribution in [0.2, 0.25) is 0 Å². The van der Waals surface area contributed by atoms with E-state index in [1.54, 1.807) is 42.5 Å². The van der Waals surface area contributed by atoms with E-state index in [2.05, 4.69) is 10.6 Å². The van der Waals surface area contributed by atoms with Gasteiger partial charge in [0.25, 0.3) is 5.91 Å². The highest BCUT2D eigenvalue weighted by molar-refractivity contribution is 6.10. The van der Waals surface area contributed by atoms with Crippen LogP contribution >= 0.6 is 0 Å².